The third-order valence-corrected chi connectivity index (χ3v) is 3.71. The van der Waals surface area contributed by atoms with E-state index in [0.29, 0.717) is 11.1 Å². The van der Waals surface area contributed by atoms with E-state index in [2.05, 4.69) is 0 Å². The van der Waals surface area contributed by atoms with Crippen molar-refractivity contribution in [3.05, 3.63) is 47.0 Å². The van der Waals surface area contributed by atoms with Gasteiger partial charge in [-0.1, -0.05) is 12.1 Å². The van der Waals surface area contributed by atoms with E-state index >= 15 is 0 Å². The lowest BCUT2D eigenvalue weighted by atomic mass is 9.95. The zero-order valence-electron chi connectivity index (χ0n) is 10.9. The molecule has 2 aromatic rings. The molecule has 116 valence electrons. The van der Waals surface area contributed by atoms with Crippen LogP contribution in [0.1, 0.15) is 16.7 Å². The van der Waals surface area contributed by atoms with E-state index in [-0.39, 0.29) is 23.3 Å². The van der Waals surface area contributed by atoms with Crippen LogP contribution in [-0.4, -0.2) is 16.4 Å². The van der Waals surface area contributed by atoms with Crippen molar-refractivity contribution in [3.63, 3.8) is 0 Å². The first kappa shape index (κ1) is 14.6. The maximum absolute atomic E-state index is 13.7. The van der Waals surface area contributed by atoms with Crippen molar-refractivity contribution in [2.24, 2.45) is 0 Å². The number of aromatic hydroxyl groups is 2. The van der Waals surface area contributed by atoms with Crippen LogP contribution in [0.5, 0.6) is 11.5 Å². The van der Waals surface area contributed by atoms with Crippen LogP contribution in [0.4, 0.5) is 22.0 Å². The maximum atomic E-state index is 13.7. The Balaban J connectivity index is 2.25. The van der Waals surface area contributed by atoms with E-state index in [0.717, 1.165) is 6.07 Å². The molecule has 0 spiro atoms. The van der Waals surface area contributed by atoms with Crippen LogP contribution in [0.15, 0.2) is 30.3 Å². The highest BCUT2D eigenvalue weighted by molar-refractivity contribution is 5.80. The molecule has 0 unspecified atom stereocenters. The summed E-state index contributed by atoms with van der Waals surface area (Å²) in [4.78, 5) is 0. The first-order chi connectivity index (χ1) is 10.1. The molecule has 2 N–H and O–H groups in total. The molecule has 3 rings (SSSR count). The van der Waals surface area contributed by atoms with E-state index in [1.54, 1.807) is 0 Å². The van der Waals surface area contributed by atoms with Gasteiger partial charge in [-0.2, -0.15) is 22.0 Å². The predicted octanol–water partition coefficient (Wildman–Crippen LogP) is 4.32. The second-order valence-corrected chi connectivity index (χ2v) is 5.08. The van der Waals surface area contributed by atoms with Gasteiger partial charge in [0.15, 0.2) is 0 Å². The van der Waals surface area contributed by atoms with Gasteiger partial charge in [0.1, 0.15) is 11.5 Å². The maximum Gasteiger partial charge on any atom is 0.458 e. The topological polar surface area (TPSA) is 40.5 Å². The van der Waals surface area contributed by atoms with Crippen molar-refractivity contribution in [2.45, 2.75) is 18.5 Å². The van der Waals surface area contributed by atoms with Gasteiger partial charge in [0, 0.05) is 0 Å². The third-order valence-electron chi connectivity index (χ3n) is 3.71. The molecule has 2 aromatic carbocycles. The molecular weight excluding hydrogens is 307 g/mol. The molecular formula is C15H9F5O2. The van der Waals surface area contributed by atoms with Gasteiger partial charge in [-0.3, -0.25) is 0 Å². The van der Waals surface area contributed by atoms with Crippen molar-refractivity contribution < 1.29 is 32.2 Å². The summed E-state index contributed by atoms with van der Waals surface area (Å²) in [5, 5.41) is 19.0. The quantitative estimate of drug-likeness (QED) is 0.656. The molecule has 1 aliphatic rings. The van der Waals surface area contributed by atoms with E-state index in [9.17, 15) is 32.2 Å². The van der Waals surface area contributed by atoms with Gasteiger partial charge in [-0.15, -0.1) is 0 Å². The van der Waals surface area contributed by atoms with E-state index in [1.165, 1.54) is 24.3 Å². The molecule has 0 aliphatic heterocycles. The number of halogens is 5. The third kappa shape index (κ3) is 1.92. The predicted molar refractivity (Wildman–Crippen MR) is 68.0 cm³/mol. The molecule has 0 fully saturated rings. The van der Waals surface area contributed by atoms with E-state index in [1.807, 2.05) is 0 Å². The van der Waals surface area contributed by atoms with E-state index in [4.69, 9.17) is 0 Å². The van der Waals surface area contributed by atoms with Gasteiger partial charge in [-0.05, 0) is 46.9 Å². The number of phenolic OH excluding ortho intramolecular Hbond substituents is 2. The molecule has 0 saturated heterocycles. The Morgan fingerprint density at radius 2 is 1.50 bits per heavy atom. The lowest BCUT2D eigenvalue weighted by molar-refractivity contribution is -0.290. The second kappa shape index (κ2) is 4.34. The number of alkyl halides is 5. The normalized spacial score (nSPS) is 13.9. The van der Waals surface area contributed by atoms with Crippen LogP contribution in [0.2, 0.25) is 0 Å². The minimum absolute atomic E-state index is 0.111. The highest BCUT2D eigenvalue weighted by Gasteiger charge is 2.61. The minimum Gasteiger partial charge on any atom is -0.508 e. The van der Waals surface area contributed by atoms with Crippen LogP contribution >= 0.6 is 0 Å². The number of phenols is 2. The van der Waals surface area contributed by atoms with Gasteiger partial charge in [0.2, 0.25) is 0 Å². The fraction of sp³-hybridized carbons (Fsp3) is 0.200. The molecule has 0 amide bonds. The van der Waals surface area contributed by atoms with Crippen LogP contribution in [0.25, 0.3) is 11.1 Å². The molecule has 0 saturated carbocycles. The van der Waals surface area contributed by atoms with Crippen LogP contribution in [-0.2, 0) is 12.3 Å². The Bertz CT molecular complexity index is 765. The highest BCUT2D eigenvalue weighted by Crippen LogP contribution is 2.52. The molecule has 0 heterocycles. The van der Waals surface area contributed by atoms with E-state index < -0.39 is 23.4 Å². The number of hydrogen-bond donors (Lipinski definition) is 2. The summed E-state index contributed by atoms with van der Waals surface area (Å²) in [6.07, 6.45) is -6.02. The molecule has 1 aliphatic carbocycles. The lowest BCUT2D eigenvalue weighted by Gasteiger charge is -2.23. The highest BCUT2D eigenvalue weighted by atomic mass is 19.4. The summed E-state index contributed by atoms with van der Waals surface area (Å²) < 4.78 is 65.5. The smallest absolute Gasteiger partial charge is 0.458 e. The Hall–Kier alpha value is -2.31. The monoisotopic (exact) mass is 316 g/mol. The number of fused-ring (bicyclic) bond motifs is 3. The Morgan fingerprint density at radius 3 is 2.14 bits per heavy atom. The summed E-state index contributed by atoms with van der Waals surface area (Å²) in [6.45, 7) is 0. The standard InChI is InChI=1S/C15H9F5O2/c16-14(17,15(18,19)20)13-11-6-7-5-8(21)1-2-9(7)10(11)3-4-12(13)22/h1-5,21-22H,6H2. The van der Waals surface area contributed by atoms with Gasteiger partial charge in [0.05, 0.1) is 5.56 Å². The zero-order chi connectivity index (χ0) is 16.3. The van der Waals surface area contributed by atoms with Crippen molar-refractivity contribution in [3.8, 4) is 22.6 Å². The number of benzene rings is 2. The Kier molecular flexibility index (Phi) is 2.89. The van der Waals surface area contributed by atoms with Gasteiger partial charge >= 0.3 is 12.1 Å². The van der Waals surface area contributed by atoms with Crippen molar-refractivity contribution in [1.29, 1.82) is 0 Å². The summed E-state index contributed by atoms with van der Waals surface area (Å²) in [5.41, 5.74) is -0.602. The largest absolute Gasteiger partial charge is 0.508 e. The van der Waals surface area contributed by atoms with Crippen LogP contribution < -0.4 is 0 Å². The van der Waals surface area contributed by atoms with Crippen molar-refractivity contribution in [2.75, 3.05) is 0 Å². The SMILES string of the molecule is Oc1ccc2c(c1)Cc1c-2ccc(O)c1C(F)(F)C(F)(F)F. The minimum atomic E-state index is -5.81. The molecule has 22 heavy (non-hydrogen) atoms. The van der Waals surface area contributed by atoms with Crippen molar-refractivity contribution >= 4 is 0 Å². The molecule has 0 aromatic heterocycles. The molecule has 2 nitrogen and oxygen atoms in total. The average molecular weight is 316 g/mol. The first-order valence-corrected chi connectivity index (χ1v) is 6.25. The van der Waals surface area contributed by atoms with Crippen molar-refractivity contribution in [1.82, 2.24) is 0 Å². The first-order valence-electron chi connectivity index (χ1n) is 6.25. The van der Waals surface area contributed by atoms with Gasteiger partial charge in [0.25, 0.3) is 0 Å². The van der Waals surface area contributed by atoms with Crippen LogP contribution in [0, 0.1) is 0 Å². The number of hydrogen-bond acceptors (Lipinski definition) is 2. The Morgan fingerprint density at radius 1 is 0.864 bits per heavy atom. The Labute approximate surface area is 121 Å². The van der Waals surface area contributed by atoms with Gasteiger partial charge < -0.3 is 10.2 Å². The fourth-order valence-electron chi connectivity index (χ4n) is 2.74. The summed E-state index contributed by atoms with van der Waals surface area (Å²) in [7, 11) is 0. The zero-order valence-corrected chi connectivity index (χ0v) is 10.9. The second-order valence-electron chi connectivity index (χ2n) is 5.08. The molecule has 7 heteroatoms. The summed E-state index contributed by atoms with van der Waals surface area (Å²) >= 11 is 0. The fourth-order valence-corrected chi connectivity index (χ4v) is 2.74. The summed E-state index contributed by atoms with van der Waals surface area (Å²) in [6, 6.07) is 6.20. The average Bonchev–Trinajstić information content (AvgIpc) is 2.73. The molecule has 0 bridgehead atoms. The molecule has 0 radical (unpaired) electrons. The summed E-state index contributed by atoms with van der Waals surface area (Å²) in [5.74, 6) is -6.37. The van der Waals surface area contributed by atoms with Crippen LogP contribution in [0.3, 0.4) is 0 Å². The van der Waals surface area contributed by atoms with Gasteiger partial charge in [-0.25, -0.2) is 0 Å². The number of rotatable bonds is 1. The molecule has 0 atom stereocenters. The lowest BCUT2D eigenvalue weighted by Crippen LogP contribution is -2.34.